The molecule has 1 heterocycles. The quantitative estimate of drug-likeness (QED) is 0.659. The summed E-state index contributed by atoms with van der Waals surface area (Å²) in [7, 11) is 1.72. The lowest BCUT2D eigenvalue weighted by atomic mass is 9.72. The smallest absolute Gasteiger partial charge is 0.233 e. The lowest BCUT2D eigenvalue weighted by Crippen LogP contribution is -2.41. The summed E-state index contributed by atoms with van der Waals surface area (Å²) in [4.78, 5) is 38.7. The average molecular weight is 379 g/mol. The number of ether oxygens (including phenoxy) is 1. The molecule has 0 radical (unpaired) electrons. The first-order chi connectivity index (χ1) is 13.1. The van der Waals surface area contributed by atoms with E-state index in [4.69, 9.17) is 4.74 Å². The summed E-state index contributed by atoms with van der Waals surface area (Å²) in [6, 6.07) is 0. The molecule has 1 N–H and O–H groups in total. The zero-order chi connectivity index (χ0) is 19.3. The average Bonchev–Trinajstić information content (AvgIpc) is 2.95. The highest BCUT2D eigenvalue weighted by Crippen LogP contribution is 2.39. The number of carbonyl (C=O) groups is 3. The van der Waals surface area contributed by atoms with Crippen LogP contribution in [0, 0.1) is 17.3 Å². The van der Waals surface area contributed by atoms with Crippen LogP contribution in [0.3, 0.4) is 0 Å². The molecular formula is C21H34N2O4. The molecule has 1 saturated heterocycles. The van der Waals surface area contributed by atoms with Gasteiger partial charge in [-0.3, -0.25) is 19.3 Å². The topological polar surface area (TPSA) is 75.7 Å². The molecule has 2 saturated carbocycles. The molecule has 27 heavy (non-hydrogen) atoms. The maximum Gasteiger partial charge on any atom is 0.233 e. The second-order valence-corrected chi connectivity index (χ2v) is 8.66. The second kappa shape index (κ2) is 9.18. The van der Waals surface area contributed by atoms with Crippen molar-refractivity contribution in [2.45, 2.75) is 70.6 Å². The van der Waals surface area contributed by atoms with Gasteiger partial charge in [-0.05, 0) is 37.5 Å². The Balaban J connectivity index is 1.47. The highest BCUT2D eigenvalue weighted by molar-refractivity contribution is 6.05. The maximum atomic E-state index is 12.5. The summed E-state index contributed by atoms with van der Waals surface area (Å²) in [5.41, 5.74) is 0.137. The summed E-state index contributed by atoms with van der Waals surface area (Å²) < 4.78 is 5.27. The third-order valence-corrected chi connectivity index (χ3v) is 6.91. The van der Waals surface area contributed by atoms with E-state index in [-0.39, 0.29) is 47.9 Å². The van der Waals surface area contributed by atoms with Gasteiger partial charge in [-0.25, -0.2) is 0 Å². The molecule has 3 fully saturated rings. The Hall–Kier alpha value is -1.43. The van der Waals surface area contributed by atoms with Gasteiger partial charge in [-0.15, -0.1) is 0 Å². The molecule has 0 aromatic carbocycles. The van der Waals surface area contributed by atoms with Gasteiger partial charge < -0.3 is 10.1 Å². The molecule has 0 spiro atoms. The van der Waals surface area contributed by atoms with Gasteiger partial charge >= 0.3 is 0 Å². The Morgan fingerprint density at radius 2 is 1.70 bits per heavy atom. The van der Waals surface area contributed by atoms with E-state index in [1.54, 1.807) is 7.11 Å². The number of carbonyl (C=O) groups excluding carboxylic acids is 3. The fraction of sp³-hybridized carbons (Fsp3) is 0.857. The molecule has 2 atom stereocenters. The van der Waals surface area contributed by atoms with Gasteiger partial charge in [0.05, 0.1) is 11.8 Å². The number of rotatable bonds is 8. The molecule has 152 valence electrons. The molecule has 0 aromatic heterocycles. The van der Waals surface area contributed by atoms with Gasteiger partial charge in [0, 0.05) is 33.2 Å². The number of methoxy groups -OCH3 is 1. The minimum Gasteiger partial charge on any atom is -0.385 e. The summed E-state index contributed by atoms with van der Waals surface area (Å²) in [6.07, 6.45) is 10.8. The Morgan fingerprint density at radius 1 is 1.07 bits per heavy atom. The van der Waals surface area contributed by atoms with Crippen LogP contribution in [0.5, 0.6) is 0 Å². The minimum atomic E-state index is -0.131. The molecule has 3 aliphatic rings. The van der Waals surface area contributed by atoms with Crippen LogP contribution >= 0.6 is 0 Å². The lowest BCUT2D eigenvalue weighted by molar-refractivity contribution is -0.140. The molecule has 3 rings (SSSR count). The number of nitrogens with zero attached hydrogens (tertiary/aromatic N) is 1. The van der Waals surface area contributed by atoms with E-state index in [1.807, 2.05) is 0 Å². The standard InChI is InChI=1S/C21H34N2O4/c1-27-14-12-21(10-5-2-6-11-21)15-22-18(24)9-13-23-19(25)16-7-3-4-8-17(16)20(23)26/h16-17H,2-15H2,1H3,(H,22,24)/t16-,17+. The van der Waals surface area contributed by atoms with Gasteiger partial charge in [0.2, 0.25) is 17.7 Å². The first-order valence-electron chi connectivity index (χ1n) is 10.7. The van der Waals surface area contributed by atoms with E-state index in [1.165, 1.54) is 24.2 Å². The summed E-state index contributed by atoms with van der Waals surface area (Å²) in [5, 5.41) is 3.07. The fourth-order valence-electron chi connectivity index (χ4n) is 5.17. The van der Waals surface area contributed by atoms with Crippen molar-refractivity contribution in [3.63, 3.8) is 0 Å². The zero-order valence-electron chi connectivity index (χ0n) is 16.6. The van der Waals surface area contributed by atoms with Crippen LogP contribution in [0.25, 0.3) is 0 Å². The van der Waals surface area contributed by atoms with Crippen LogP contribution in [-0.4, -0.2) is 49.4 Å². The Morgan fingerprint density at radius 3 is 2.30 bits per heavy atom. The van der Waals surface area contributed by atoms with Gasteiger partial charge in [-0.2, -0.15) is 0 Å². The summed E-state index contributed by atoms with van der Waals surface area (Å²) in [6.45, 7) is 1.61. The van der Waals surface area contributed by atoms with E-state index >= 15 is 0 Å². The first-order valence-corrected chi connectivity index (χ1v) is 10.7. The van der Waals surface area contributed by atoms with Crippen LogP contribution in [-0.2, 0) is 19.1 Å². The van der Waals surface area contributed by atoms with Crippen LogP contribution in [0.1, 0.15) is 70.6 Å². The second-order valence-electron chi connectivity index (χ2n) is 8.66. The third-order valence-electron chi connectivity index (χ3n) is 6.91. The van der Waals surface area contributed by atoms with Crippen molar-refractivity contribution in [2.24, 2.45) is 17.3 Å². The molecule has 6 heteroatoms. The number of amides is 3. The van der Waals surface area contributed by atoms with Crippen LogP contribution in [0.4, 0.5) is 0 Å². The van der Waals surface area contributed by atoms with Crippen molar-refractivity contribution < 1.29 is 19.1 Å². The number of nitrogens with one attached hydrogen (secondary N) is 1. The van der Waals surface area contributed by atoms with Gasteiger partial charge in [0.1, 0.15) is 0 Å². The number of fused-ring (bicyclic) bond motifs is 1. The Kier molecular flexibility index (Phi) is 6.90. The highest BCUT2D eigenvalue weighted by atomic mass is 16.5. The number of hydrogen-bond acceptors (Lipinski definition) is 4. The van der Waals surface area contributed by atoms with E-state index in [9.17, 15) is 14.4 Å². The third kappa shape index (κ3) is 4.71. The molecule has 1 aliphatic heterocycles. The molecule has 0 bridgehead atoms. The SMILES string of the molecule is COCCC1(CNC(=O)CCN2C(=O)[C@H]3CCCC[C@H]3C2=O)CCCCC1. The molecule has 6 nitrogen and oxygen atoms in total. The van der Waals surface area contributed by atoms with Gasteiger partial charge in [-0.1, -0.05) is 32.1 Å². The van der Waals surface area contributed by atoms with Crippen molar-refractivity contribution in [3.8, 4) is 0 Å². The van der Waals surface area contributed by atoms with Gasteiger partial charge in [0.15, 0.2) is 0 Å². The molecule has 2 aliphatic carbocycles. The van der Waals surface area contributed by atoms with Crippen molar-refractivity contribution in [3.05, 3.63) is 0 Å². The van der Waals surface area contributed by atoms with E-state index < -0.39 is 0 Å². The van der Waals surface area contributed by atoms with E-state index in [0.29, 0.717) is 6.54 Å². The van der Waals surface area contributed by atoms with Crippen molar-refractivity contribution in [2.75, 3.05) is 26.8 Å². The van der Waals surface area contributed by atoms with Crippen molar-refractivity contribution in [1.82, 2.24) is 10.2 Å². The molecular weight excluding hydrogens is 344 g/mol. The maximum absolute atomic E-state index is 12.5. The van der Waals surface area contributed by atoms with Crippen LogP contribution in [0.2, 0.25) is 0 Å². The Labute approximate surface area is 162 Å². The van der Waals surface area contributed by atoms with Crippen molar-refractivity contribution >= 4 is 17.7 Å². The number of hydrogen-bond donors (Lipinski definition) is 1. The van der Waals surface area contributed by atoms with Crippen LogP contribution < -0.4 is 5.32 Å². The monoisotopic (exact) mass is 378 g/mol. The molecule has 0 aromatic rings. The summed E-state index contributed by atoms with van der Waals surface area (Å²) >= 11 is 0. The number of likely N-dealkylation sites (tertiary alicyclic amines) is 1. The summed E-state index contributed by atoms with van der Waals surface area (Å²) in [5.74, 6) is -0.432. The van der Waals surface area contributed by atoms with Crippen LogP contribution in [0.15, 0.2) is 0 Å². The first kappa shape index (κ1) is 20.3. The number of imide groups is 1. The fourth-order valence-corrected chi connectivity index (χ4v) is 5.17. The van der Waals surface area contributed by atoms with E-state index in [0.717, 1.165) is 51.6 Å². The normalized spacial score (nSPS) is 27.5. The molecule has 0 unspecified atom stereocenters. The predicted molar refractivity (Wildman–Crippen MR) is 102 cm³/mol. The van der Waals surface area contributed by atoms with Gasteiger partial charge in [0.25, 0.3) is 0 Å². The predicted octanol–water partition coefficient (Wildman–Crippen LogP) is 2.65. The Bertz CT molecular complexity index is 532. The zero-order valence-corrected chi connectivity index (χ0v) is 16.6. The molecule has 3 amide bonds. The lowest BCUT2D eigenvalue weighted by Gasteiger charge is -2.37. The largest absolute Gasteiger partial charge is 0.385 e. The highest BCUT2D eigenvalue weighted by Gasteiger charge is 2.47. The van der Waals surface area contributed by atoms with Crippen molar-refractivity contribution in [1.29, 1.82) is 0 Å². The van der Waals surface area contributed by atoms with E-state index in [2.05, 4.69) is 5.32 Å². The minimum absolute atomic E-state index is 0.0543.